The Hall–Kier alpha value is -1.13. The van der Waals surface area contributed by atoms with Crippen LogP contribution >= 0.6 is 46.4 Å². The van der Waals surface area contributed by atoms with Crippen molar-refractivity contribution in [1.29, 1.82) is 0 Å². The number of benzene rings is 1. The summed E-state index contributed by atoms with van der Waals surface area (Å²) in [5.41, 5.74) is 0.0924. The fourth-order valence-electron chi connectivity index (χ4n) is 2.16. The van der Waals surface area contributed by atoms with Crippen LogP contribution in [0.3, 0.4) is 0 Å². The zero-order chi connectivity index (χ0) is 19.7. The minimum Gasteiger partial charge on any atom is -0.450 e. The third kappa shape index (κ3) is 4.77. The van der Waals surface area contributed by atoms with Crippen molar-refractivity contribution in [2.45, 2.75) is 16.5 Å². The van der Waals surface area contributed by atoms with Crippen LogP contribution in [0.25, 0.3) is 0 Å². The van der Waals surface area contributed by atoms with Gasteiger partial charge in [-0.05, 0) is 19.1 Å². The molecular weight excluding hydrogens is 454 g/mol. The number of sulfonamides is 1. The predicted molar refractivity (Wildman–Crippen MR) is 98.8 cm³/mol. The van der Waals surface area contributed by atoms with E-state index < -0.39 is 38.4 Å². The van der Waals surface area contributed by atoms with Crippen LogP contribution in [0, 0.1) is 0 Å². The first-order valence-electron chi connectivity index (χ1n) is 6.98. The molecule has 1 aromatic carbocycles. The van der Waals surface area contributed by atoms with Gasteiger partial charge < -0.3 is 9.47 Å². The van der Waals surface area contributed by atoms with Crippen LogP contribution in [-0.2, 0) is 25.2 Å². The SMILES string of the molecule is CCOC(=O)Nc1ccc(Cl)c2c1CS(=O)(=O)N2C(=O)OCC(Cl)(Cl)Cl. The van der Waals surface area contributed by atoms with E-state index >= 15 is 0 Å². The van der Waals surface area contributed by atoms with Gasteiger partial charge in [0.1, 0.15) is 6.61 Å². The largest absolute Gasteiger partial charge is 0.450 e. The van der Waals surface area contributed by atoms with E-state index in [2.05, 4.69) is 5.32 Å². The molecule has 0 saturated heterocycles. The Kier molecular flexibility index (Phi) is 6.40. The first-order chi connectivity index (χ1) is 12.0. The van der Waals surface area contributed by atoms with Gasteiger partial charge in [-0.15, -0.1) is 0 Å². The fourth-order valence-corrected chi connectivity index (χ4v) is 4.19. The number of fused-ring (bicyclic) bond motifs is 1. The molecule has 1 heterocycles. The van der Waals surface area contributed by atoms with E-state index in [1.807, 2.05) is 0 Å². The summed E-state index contributed by atoms with van der Waals surface area (Å²) in [4.78, 5) is 23.9. The summed E-state index contributed by atoms with van der Waals surface area (Å²) in [5, 5.41) is 2.36. The van der Waals surface area contributed by atoms with Crippen molar-refractivity contribution in [2.24, 2.45) is 0 Å². The zero-order valence-corrected chi connectivity index (χ0v) is 16.9. The normalized spacial score (nSPS) is 15.3. The first-order valence-corrected chi connectivity index (χ1v) is 10.1. The van der Waals surface area contributed by atoms with Crippen LogP contribution in [0.15, 0.2) is 12.1 Å². The van der Waals surface area contributed by atoms with Gasteiger partial charge in [0.25, 0.3) is 0 Å². The maximum Gasteiger partial charge on any atom is 0.428 e. The topological polar surface area (TPSA) is 102 Å². The number of nitrogens with zero attached hydrogens (tertiary/aromatic N) is 1. The number of amides is 2. The van der Waals surface area contributed by atoms with Crippen LogP contribution in [0.1, 0.15) is 12.5 Å². The quantitative estimate of drug-likeness (QED) is 0.675. The van der Waals surface area contributed by atoms with Crippen molar-refractivity contribution in [3.63, 3.8) is 0 Å². The van der Waals surface area contributed by atoms with Crippen LogP contribution in [-0.4, -0.2) is 37.6 Å². The Morgan fingerprint density at radius 3 is 2.50 bits per heavy atom. The molecule has 1 aliphatic heterocycles. The maximum absolute atomic E-state index is 12.4. The van der Waals surface area contributed by atoms with Gasteiger partial charge in [0.15, 0.2) is 0 Å². The Morgan fingerprint density at radius 1 is 1.27 bits per heavy atom. The van der Waals surface area contributed by atoms with E-state index in [1.165, 1.54) is 12.1 Å². The standard InChI is InChI=1S/C13H12Cl4N2O6S/c1-2-24-11(20)18-9-4-3-8(14)10-7(9)5-26(22,23)19(10)12(21)25-6-13(15,16)17/h3-4H,2,5-6H2,1H3,(H,18,20). The number of carbonyl (C=O) groups excluding carboxylic acids is 2. The molecule has 0 atom stereocenters. The van der Waals surface area contributed by atoms with Gasteiger partial charge in [0, 0.05) is 5.56 Å². The lowest BCUT2D eigenvalue weighted by Gasteiger charge is -2.19. The molecule has 1 N–H and O–H groups in total. The van der Waals surface area contributed by atoms with E-state index in [0.29, 0.717) is 4.31 Å². The lowest BCUT2D eigenvalue weighted by atomic mass is 10.1. The molecule has 13 heteroatoms. The van der Waals surface area contributed by atoms with E-state index in [-0.39, 0.29) is 28.6 Å². The Morgan fingerprint density at radius 2 is 1.92 bits per heavy atom. The maximum atomic E-state index is 12.4. The lowest BCUT2D eigenvalue weighted by molar-refractivity contribution is 0.160. The van der Waals surface area contributed by atoms with Crippen LogP contribution in [0.2, 0.25) is 5.02 Å². The Labute approximate surface area is 169 Å². The Balaban J connectivity index is 2.40. The van der Waals surface area contributed by atoms with Crippen LogP contribution in [0.4, 0.5) is 21.0 Å². The molecule has 2 amide bonds. The molecule has 8 nitrogen and oxygen atoms in total. The minimum absolute atomic E-state index is 0.0404. The number of halogens is 4. The summed E-state index contributed by atoms with van der Waals surface area (Å²) in [6.07, 6.45) is -2.07. The van der Waals surface area contributed by atoms with E-state index in [1.54, 1.807) is 6.92 Å². The number of hydrogen-bond donors (Lipinski definition) is 1. The lowest BCUT2D eigenvalue weighted by Crippen LogP contribution is -2.36. The molecule has 0 fully saturated rings. The second-order valence-corrected chi connectivity index (χ2v) is 9.70. The molecular formula is C13H12Cl4N2O6S. The highest BCUT2D eigenvalue weighted by Crippen LogP contribution is 2.44. The number of hydrogen-bond acceptors (Lipinski definition) is 6. The second kappa shape index (κ2) is 7.85. The highest BCUT2D eigenvalue weighted by molar-refractivity contribution is 7.93. The van der Waals surface area contributed by atoms with Crippen molar-refractivity contribution in [3.8, 4) is 0 Å². The molecule has 0 aliphatic carbocycles. The predicted octanol–water partition coefficient (Wildman–Crippen LogP) is 4.07. The van der Waals surface area contributed by atoms with Gasteiger partial charge in [-0.2, -0.15) is 4.31 Å². The summed E-state index contributed by atoms with van der Waals surface area (Å²) in [6.45, 7) is 1.06. The second-order valence-electron chi connectivity index (χ2n) is 4.96. The van der Waals surface area contributed by atoms with Crippen molar-refractivity contribution < 1.29 is 27.5 Å². The molecule has 0 bridgehead atoms. The number of ether oxygens (including phenoxy) is 2. The zero-order valence-electron chi connectivity index (χ0n) is 13.1. The molecule has 0 aromatic heterocycles. The molecule has 0 radical (unpaired) electrons. The minimum atomic E-state index is -4.15. The Bertz CT molecular complexity index is 840. The van der Waals surface area contributed by atoms with Gasteiger partial charge in [-0.3, -0.25) is 5.32 Å². The first kappa shape index (κ1) is 21.2. The highest BCUT2D eigenvalue weighted by Gasteiger charge is 2.43. The summed E-state index contributed by atoms with van der Waals surface area (Å²) in [5.74, 6) is -0.590. The van der Waals surface area contributed by atoms with Gasteiger partial charge in [-0.25, -0.2) is 18.0 Å². The summed E-state index contributed by atoms with van der Waals surface area (Å²) in [7, 11) is -4.15. The number of anilines is 2. The van der Waals surface area contributed by atoms with Crippen LogP contribution < -0.4 is 9.62 Å². The molecule has 1 aromatic rings. The summed E-state index contributed by atoms with van der Waals surface area (Å²) < 4.78 is 32.8. The van der Waals surface area contributed by atoms with Crippen molar-refractivity contribution in [3.05, 3.63) is 22.7 Å². The average Bonchev–Trinajstić information content (AvgIpc) is 2.79. The summed E-state index contributed by atoms with van der Waals surface area (Å²) in [6, 6.07) is 2.71. The van der Waals surface area contributed by atoms with Gasteiger partial charge >= 0.3 is 12.2 Å². The number of carbonyl (C=O) groups is 2. The van der Waals surface area contributed by atoms with Crippen molar-refractivity contribution in [2.75, 3.05) is 22.8 Å². The van der Waals surface area contributed by atoms with Crippen LogP contribution in [0.5, 0.6) is 0 Å². The van der Waals surface area contributed by atoms with E-state index in [4.69, 9.17) is 55.9 Å². The van der Waals surface area contributed by atoms with Gasteiger partial charge in [-0.1, -0.05) is 46.4 Å². The van der Waals surface area contributed by atoms with Crippen molar-refractivity contribution >= 4 is 80.0 Å². The molecule has 144 valence electrons. The molecule has 1 aliphatic rings. The molecule has 0 saturated carbocycles. The van der Waals surface area contributed by atoms with Crippen molar-refractivity contribution in [1.82, 2.24) is 0 Å². The van der Waals surface area contributed by atoms with Gasteiger partial charge in [0.05, 0.1) is 28.8 Å². The summed E-state index contributed by atoms with van der Waals surface area (Å²) >= 11 is 22.6. The highest BCUT2D eigenvalue weighted by atomic mass is 35.6. The molecule has 0 spiro atoms. The number of nitrogens with one attached hydrogen (secondary N) is 1. The number of rotatable bonds is 3. The third-order valence-corrected chi connectivity index (χ3v) is 5.25. The van der Waals surface area contributed by atoms with E-state index in [0.717, 1.165) is 0 Å². The molecule has 2 rings (SSSR count). The smallest absolute Gasteiger partial charge is 0.428 e. The monoisotopic (exact) mass is 464 g/mol. The van der Waals surface area contributed by atoms with Gasteiger partial charge in [0.2, 0.25) is 13.8 Å². The average molecular weight is 466 g/mol. The molecule has 26 heavy (non-hydrogen) atoms. The number of alkyl halides is 3. The molecule has 0 unspecified atom stereocenters. The van der Waals surface area contributed by atoms with E-state index in [9.17, 15) is 18.0 Å². The third-order valence-electron chi connectivity index (χ3n) is 3.08. The fraction of sp³-hybridized carbons (Fsp3) is 0.385.